The van der Waals surface area contributed by atoms with E-state index in [-0.39, 0.29) is 18.1 Å². The number of nitrogens with one attached hydrogen (secondary N) is 2. The molecule has 0 aliphatic rings. The number of anilines is 2. The molecular formula is C29H28IN3O5. The summed E-state index contributed by atoms with van der Waals surface area (Å²) in [6, 6.07) is 17.9. The normalized spacial score (nSPS) is 10.8. The van der Waals surface area contributed by atoms with Gasteiger partial charge in [-0.2, -0.15) is 5.26 Å². The molecule has 0 aliphatic heterocycles. The molecule has 0 radical (unpaired) electrons. The Morgan fingerprint density at radius 2 is 1.76 bits per heavy atom. The number of amides is 2. The van der Waals surface area contributed by atoms with Crippen LogP contribution in [0, 0.1) is 28.7 Å². The van der Waals surface area contributed by atoms with Gasteiger partial charge in [-0.05, 0) is 103 Å². The van der Waals surface area contributed by atoms with Crippen LogP contribution in [0.25, 0.3) is 6.08 Å². The molecule has 0 bridgehead atoms. The van der Waals surface area contributed by atoms with E-state index in [9.17, 15) is 14.9 Å². The van der Waals surface area contributed by atoms with Gasteiger partial charge in [0, 0.05) is 11.4 Å². The lowest BCUT2D eigenvalue weighted by Gasteiger charge is -2.15. The molecule has 0 spiro atoms. The fourth-order valence-electron chi connectivity index (χ4n) is 3.54. The Bertz CT molecular complexity index is 1390. The maximum Gasteiger partial charge on any atom is 0.266 e. The summed E-state index contributed by atoms with van der Waals surface area (Å²) in [5, 5.41) is 15.2. The molecule has 0 unspecified atom stereocenters. The van der Waals surface area contributed by atoms with Gasteiger partial charge in [-0.3, -0.25) is 9.59 Å². The van der Waals surface area contributed by atoms with E-state index >= 15 is 0 Å². The molecule has 8 nitrogen and oxygen atoms in total. The topological polar surface area (TPSA) is 110 Å². The first kappa shape index (κ1) is 28.5. The Kier molecular flexibility index (Phi) is 10.1. The van der Waals surface area contributed by atoms with E-state index in [0.717, 1.165) is 16.8 Å². The van der Waals surface area contributed by atoms with Gasteiger partial charge >= 0.3 is 0 Å². The van der Waals surface area contributed by atoms with E-state index in [0.29, 0.717) is 38.7 Å². The van der Waals surface area contributed by atoms with Crippen molar-refractivity contribution >= 4 is 51.9 Å². The molecular weight excluding hydrogens is 597 g/mol. The lowest BCUT2D eigenvalue weighted by molar-refractivity contribution is -0.118. The number of benzene rings is 3. The number of ether oxygens (including phenoxy) is 3. The molecule has 3 rings (SSSR count). The number of halogens is 1. The summed E-state index contributed by atoms with van der Waals surface area (Å²) in [7, 11) is 1.55. The highest BCUT2D eigenvalue weighted by atomic mass is 127. The molecule has 0 saturated heterocycles. The fourth-order valence-corrected chi connectivity index (χ4v) is 4.32. The Morgan fingerprint density at radius 1 is 1.03 bits per heavy atom. The minimum absolute atomic E-state index is 0.0828. The number of hydrogen-bond acceptors (Lipinski definition) is 6. The van der Waals surface area contributed by atoms with Gasteiger partial charge in [0.25, 0.3) is 11.8 Å². The van der Waals surface area contributed by atoms with Gasteiger partial charge in [-0.1, -0.05) is 17.7 Å². The molecule has 0 aliphatic carbocycles. The van der Waals surface area contributed by atoms with Gasteiger partial charge in [0.1, 0.15) is 17.4 Å². The van der Waals surface area contributed by atoms with Crippen LogP contribution in [0.2, 0.25) is 0 Å². The zero-order valence-electron chi connectivity index (χ0n) is 21.6. The highest BCUT2D eigenvalue weighted by Crippen LogP contribution is 2.35. The third-order valence-electron chi connectivity index (χ3n) is 5.36. The first-order chi connectivity index (χ1) is 18.2. The molecule has 2 amide bonds. The predicted molar refractivity (Wildman–Crippen MR) is 156 cm³/mol. The maximum absolute atomic E-state index is 12.7. The smallest absolute Gasteiger partial charge is 0.266 e. The molecule has 0 fully saturated rings. The molecule has 0 heterocycles. The number of nitrogens with zero attached hydrogens (tertiary/aromatic N) is 1. The lowest BCUT2D eigenvalue weighted by Crippen LogP contribution is -2.21. The summed E-state index contributed by atoms with van der Waals surface area (Å²) in [6.07, 6.45) is 1.47. The molecule has 3 aromatic carbocycles. The summed E-state index contributed by atoms with van der Waals surface area (Å²) < 4.78 is 17.4. The summed E-state index contributed by atoms with van der Waals surface area (Å²) in [5.74, 6) is 0.608. The van der Waals surface area contributed by atoms with Crippen LogP contribution in [0.4, 0.5) is 11.4 Å². The highest BCUT2D eigenvalue weighted by Gasteiger charge is 2.16. The van der Waals surface area contributed by atoms with Crippen molar-refractivity contribution in [2.45, 2.75) is 20.8 Å². The summed E-state index contributed by atoms with van der Waals surface area (Å²) in [6.45, 7) is 5.89. The second-order valence-corrected chi connectivity index (χ2v) is 9.43. The van der Waals surface area contributed by atoms with Gasteiger partial charge < -0.3 is 24.8 Å². The lowest BCUT2D eigenvalue weighted by atomic mass is 10.1. The largest absolute Gasteiger partial charge is 0.497 e. The zero-order valence-corrected chi connectivity index (χ0v) is 23.7. The minimum atomic E-state index is -0.547. The van der Waals surface area contributed by atoms with Gasteiger partial charge in [-0.25, -0.2) is 0 Å². The number of rotatable bonds is 10. The van der Waals surface area contributed by atoms with Gasteiger partial charge in [-0.15, -0.1) is 0 Å². The second-order valence-electron chi connectivity index (χ2n) is 8.27. The van der Waals surface area contributed by atoms with Crippen LogP contribution in [0.15, 0.2) is 60.2 Å². The van der Waals surface area contributed by atoms with Crippen molar-refractivity contribution in [3.8, 4) is 23.3 Å². The molecule has 3 aromatic rings. The van der Waals surface area contributed by atoms with Crippen LogP contribution in [0.5, 0.6) is 17.2 Å². The zero-order chi connectivity index (χ0) is 27.7. The number of hydrogen-bond donors (Lipinski definition) is 2. The average molecular weight is 625 g/mol. The number of carbonyl (C=O) groups is 2. The number of nitriles is 1. The molecule has 0 atom stereocenters. The first-order valence-electron chi connectivity index (χ1n) is 11.8. The monoisotopic (exact) mass is 625 g/mol. The van der Waals surface area contributed by atoms with Crippen molar-refractivity contribution in [3.05, 3.63) is 80.4 Å². The first-order valence-corrected chi connectivity index (χ1v) is 12.8. The third kappa shape index (κ3) is 7.73. The van der Waals surface area contributed by atoms with E-state index in [1.165, 1.54) is 6.08 Å². The van der Waals surface area contributed by atoms with E-state index in [1.807, 2.05) is 45.0 Å². The van der Waals surface area contributed by atoms with E-state index < -0.39 is 5.91 Å². The fraction of sp³-hybridized carbons (Fsp3) is 0.207. The summed E-state index contributed by atoms with van der Waals surface area (Å²) in [5.41, 5.74) is 3.82. The molecule has 0 saturated carbocycles. The Morgan fingerprint density at radius 3 is 2.39 bits per heavy atom. The van der Waals surface area contributed by atoms with Crippen molar-refractivity contribution in [2.75, 3.05) is 31.0 Å². The molecule has 0 aromatic heterocycles. The van der Waals surface area contributed by atoms with Crippen LogP contribution >= 0.6 is 22.6 Å². The Balaban J connectivity index is 1.76. The van der Waals surface area contributed by atoms with Crippen molar-refractivity contribution in [1.29, 1.82) is 5.26 Å². The van der Waals surface area contributed by atoms with Crippen molar-refractivity contribution in [2.24, 2.45) is 0 Å². The molecule has 38 heavy (non-hydrogen) atoms. The SMILES string of the molecule is CCOc1cc(/C=C(/C#N)C(=O)Nc2ccc(OC)cc2)cc(I)c1OCC(=O)Nc1ccc(C)cc1C. The quantitative estimate of drug-likeness (QED) is 0.166. The van der Waals surface area contributed by atoms with Gasteiger partial charge in [0.05, 0.1) is 17.3 Å². The highest BCUT2D eigenvalue weighted by molar-refractivity contribution is 14.1. The van der Waals surface area contributed by atoms with E-state index in [1.54, 1.807) is 43.5 Å². The number of methoxy groups -OCH3 is 1. The molecule has 9 heteroatoms. The second kappa shape index (κ2) is 13.5. The van der Waals surface area contributed by atoms with Crippen LogP contribution in [0.3, 0.4) is 0 Å². The van der Waals surface area contributed by atoms with Crippen LogP contribution in [-0.4, -0.2) is 32.1 Å². The molecule has 2 N–H and O–H groups in total. The van der Waals surface area contributed by atoms with Gasteiger partial charge in [0.2, 0.25) is 0 Å². The number of aryl methyl sites for hydroxylation is 2. The predicted octanol–water partition coefficient (Wildman–Crippen LogP) is 5.88. The summed E-state index contributed by atoms with van der Waals surface area (Å²) in [4.78, 5) is 25.2. The maximum atomic E-state index is 12.7. The van der Waals surface area contributed by atoms with Crippen LogP contribution in [0.1, 0.15) is 23.6 Å². The Labute approximate surface area is 235 Å². The molecule has 196 valence electrons. The van der Waals surface area contributed by atoms with Crippen LogP contribution in [-0.2, 0) is 9.59 Å². The standard InChI is InChI=1S/C29H28IN3O5/c1-5-37-26-15-20(13-21(16-31)29(35)32-22-7-9-23(36-4)10-8-22)14-24(30)28(26)38-17-27(34)33-25-11-6-18(2)12-19(25)3/h6-15H,5,17H2,1-4H3,(H,32,35)(H,33,34)/b21-13-. The average Bonchev–Trinajstić information content (AvgIpc) is 2.89. The van der Waals surface area contributed by atoms with Crippen molar-refractivity contribution < 1.29 is 23.8 Å². The van der Waals surface area contributed by atoms with Crippen LogP contribution < -0.4 is 24.8 Å². The Hall–Kier alpha value is -4.04. The van der Waals surface area contributed by atoms with Gasteiger partial charge in [0.15, 0.2) is 18.1 Å². The summed E-state index contributed by atoms with van der Waals surface area (Å²) >= 11 is 2.07. The van der Waals surface area contributed by atoms with Crippen molar-refractivity contribution in [3.63, 3.8) is 0 Å². The number of carbonyl (C=O) groups excluding carboxylic acids is 2. The van der Waals surface area contributed by atoms with E-state index in [2.05, 4.69) is 33.2 Å². The van der Waals surface area contributed by atoms with Crippen molar-refractivity contribution in [1.82, 2.24) is 0 Å². The minimum Gasteiger partial charge on any atom is -0.497 e. The third-order valence-corrected chi connectivity index (χ3v) is 6.16. The van der Waals surface area contributed by atoms with E-state index in [4.69, 9.17) is 14.2 Å².